The summed E-state index contributed by atoms with van der Waals surface area (Å²) in [6, 6.07) is 1.82. The first-order chi connectivity index (χ1) is 8.36. The SMILES string of the molecule is CC1CNCCC1N1CCC[C@H]2CCCC[C@H]21. The smallest absolute Gasteiger partial charge is 0.0148 e. The molecule has 3 fully saturated rings. The van der Waals surface area contributed by atoms with Gasteiger partial charge in [-0.25, -0.2) is 0 Å². The molecule has 1 saturated carbocycles. The van der Waals surface area contributed by atoms with E-state index in [-0.39, 0.29) is 0 Å². The van der Waals surface area contributed by atoms with Crippen molar-refractivity contribution in [3.05, 3.63) is 0 Å². The summed E-state index contributed by atoms with van der Waals surface area (Å²) in [5.41, 5.74) is 0. The Bertz CT molecular complexity index is 245. The zero-order valence-electron chi connectivity index (χ0n) is 11.3. The fraction of sp³-hybridized carbons (Fsp3) is 1.00. The lowest BCUT2D eigenvalue weighted by atomic mass is 9.76. The van der Waals surface area contributed by atoms with Crippen molar-refractivity contribution in [3.8, 4) is 0 Å². The molecular formula is C15H28N2. The number of hydrogen-bond acceptors (Lipinski definition) is 2. The van der Waals surface area contributed by atoms with Gasteiger partial charge >= 0.3 is 0 Å². The van der Waals surface area contributed by atoms with Crippen LogP contribution < -0.4 is 5.32 Å². The average Bonchev–Trinajstić information content (AvgIpc) is 2.39. The van der Waals surface area contributed by atoms with Gasteiger partial charge in [0.15, 0.2) is 0 Å². The summed E-state index contributed by atoms with van der Waals surface area (Å²) in [4.78, 5) is 2.93. The summed E-state index contributed by atoms with van der Waals surface area (Å²) in [5, 5.41) is 3.55. The van der Waals surface area contributed by atoms with Gasteiger partial charge in [-0.15, -0.1) is 0 Å². The first kappa shape index (κ1) is 12.0. The third-order valence-corrected chi connectivity index (χ3v) is 5.45. The Balaban J connectivity index is 1.71. The molecule has 0 radical (unpaired) electrons. The number of hydrogen-bond donors (Lipinski definition) is 1. The van der Waals surface area contributed by atoms with E-state index in [0.717, 1.165) is 23.9 Å². The molecule has 2 nitrogen and oxygen atoms in total. The van der Waals surface area contributed by atoms with Gasteiger partial charge in [-0.1, -0.05) is 19.8 Å². The van der Waals surface area contributed by atoms with Gasteiger partial charge in [0.05, 0.1) is 0 Å². The van der Waals surface area contributed by atoms with Crippen LogP contribution in [0, 0.1) is 11.8 Å². The van der Waals surface area contributed by atoms with Crippen LogP contribution in [0.2, 0.25) is 0 Å². The zero-order chi connectivity index (χ0) is 11.7. The molecule has 2 heteroatoms. The molecule has 0 aromatic heterocycles. The summed E-state index contributed by atoms with van der Waals surface area (Å²) >= 11 is 0. The van der Waals surface area contributed by atoms with E-state index in [1.165, 1.54) is 64.6 Å². The van der Waals surface area contributed by atoms with Crippen LogP contribution in [0.3, 0.4) is 0 Å². The lowest BCUT2D eigenvalue weighted by Gasteiger charge is -2.50. The second kappa shape index (κ2) is 5.27. The van der Waals surface area contributed by atoms with Gasteiger partial charge in [-0.3, -0.25) is 4.90 Å². The Morgan fingerprint density at radius 1 is 0.941 bits per heavy atom. The highest BCUT2D eigenvalue weighted by Crippen LogP contribution is 2.38. The molecule has 1 N–H and O–H groups in total. The number of nitrogens with one attached hydrogen (secondary N) is 1. The topological polar surface area (TPSA) is 15.3 Å². The molecule has 4 atom stereocenters. The van der Waals surface area contributed by atoms with E-state index >= 15 is 0 Å². The predicted octanol–water partition coefficient (Wildman–Crippen LogP) is 2.64. The minimum Gasteiger partial charge on any atom is -0.316 e. The van der Waals surface area contributed by atoms with E-state index in [4.69, 9.17) is 0 Å². The number of rotatable bonds is 1. The molecular weight excluding hydrogens is 208 g/mol. The highest BCUT2D eigenvalue weighted by atomic mass is 15.2. The Hall–Kier alpha value is -0.0800. The number of fused-ring (bicyclic) bond motifs is 1. The molecule has 2 unspecified atom stereocenters. The van der Waals surface area contributed by atoms with Crippen molar-refractivity contribution in [1.82, 2.24) is 10.2 Å². The first-order valence-electron chi connectivity index (χ1n) is 7.82. The molecule has 0 aromatic rings. The van der Waals surface area contributed by atoms with Crippen molar-refractivity contribution in [3.63, 3.8) is 0 Å². The van der Waals surface area contributed by atoms with E-state index < -0.39 is 0 Å². The summed E-state index contributed by atoms with van der Waals surface area (Å²) in [7, 11) is 0. The van der Waals surface area contributed by atoms with E-state index in [9.17, 15) is 0 Å². The Morgan fingerprint density at radius 2 is 1.76 bits per heavy atom. The maximum Gasteiger partial charge on any atom is 0.0148 e. The molecule has 0 aromatic carbocycles. The molecule has 0 bridgehead atoms. The zero-order valence-corrected chi connectivity index (χ0v) is 11.3. The van der Waals surface area contributed by atoms with Gasteiger partial charge in [0.1, 0.15) is 0 Å². The van der Waals surface area contributed by atoms with Crippen molar-refractivity contribution in [2.45, 2.75) is 64.0 Å². The van der Waals surface area contributed by atoms with Crippen LogP contribution in [0.15, 0.2) is 0 Å². The largest absolute Gasteiger partial charge is 0.316 e. The minimum atomic E-state index is 0.851. The van der Waals surface area contributed by atoms with E-state index in [1.807, 2.05) is 0 Å². The normalized spacial score (nSPS) is 44.3. The molecule has 1 aliphatic carbocycles. The monoisotopic (exact) mass is 236 g/mol. The van der Waals surface area contributed by atoms with Gasteiger partial charge in [0.2, 0.25) is 0 Å². The van der Waals surface area contributed by atoms with Gasteiger partial charge < -0.3 is 5.32 Å². The summed E-state index contributed by atoms with van der Waals surface area (Å²) in [6.07, 6.45) is 10.3. The van der Waals surface area contributed by atoms with Crippen LogP contribution in [0.1, 0.15) is 51.9 Å². The molecule has 0 amide bonds. The summed E-state index contributed by atoms with van der Waals surface area (Å²) in [5.74, 6) is 1.89. The van der Waals surface area contributed by atoms with Gasteiger partial charge in [-0.05, 0) is 63.6 Å². The second-order valence-electron chi connectivity index (χ2n) is 6.53. The molecule has 17 heavy (non-hydrogen) atoms. The summed E-state index contributed by atoms with van der Waals surface area (Å²) < 4.78 is 0. The molecule has 2 saturated heterocycles. The van der Waals surface area contributed by atoms with Crippen LogP contribution in [-0.2, 0) is 0 Å². The van der Waals surface area contributed by atoms with Crippen molar-refractivity contribution >= 4 is 0 Å². The van der Waals surface area contributed by atoms with Gasteiger partial charge in [0, 0.05) is 12.1 Å². The van der Waals surface area contributed by atoms with Crippen LogP contribution >= 0.6 is 0 Å². The molecule has 98 valence electrons. The van der Waals surface area contributed by atoms with E-state index in [0.29, 0.717) is 0 Å². The minimum absolute atomic E-state index is 0.851. The molecule has 3 aliphatic rings. The Kier molecular flexibility index (Phi) is 3.72. The van der Waals surface area contributed by atoms with Gasteiger partial charge in [-0.2, -0.15) is 0 Å². The summed E-state index contributed by atoms with van der Waals surface area (Å²) in [6.45, 7) is 6.31. The third-order valence-electron chi connectivity index (χ3n) is 5.45. The highest BCUT2D eigenvalue weighted by Gasteiger charge is 2.38. The second-order valence-corrected chi connectivity index (χ2v) is 6.53. The Labute approximate surface area is 106 Å². The van der Waals surface area contributed by atoms with Crippen molar-refractivity contribution < 1.29 is 0 Å². The highest BCUT2D eigenvalue weighted by molar-refractivity contribution is 4.93. The molecule has 0 spiro atoms. The third kappa shape index (κ3) is 2.39. The van der Waals surface area contributed by atoms with Crippen molar-refractivity contribution in [2.24, 2.45) is 11.8 Å². The van der Waals surface area contributed by atoms with Gasteiger partial charge in [0.25, 0.3) is 0 Å². The molecule has 2 heterocycles. The van der Waals surface area contributed by atoms with E-state index in [1.54, 1.807) is 0 Å². The van der Waals surface area contributed by atoms with Crippen molar-refractivity contribution in [1.29, 1.82) is 0 Å². The maximum atomic E-state index is 3.55. The van der Waals surface area contributed by atoms with Crippen LogP contribution in [0.5, 0.6) is 0 Å². The van der Waals surface area contributed by atoms with Crippen LogP contribution in [0.25, 0.3) is 0 Å². The fourth-order valence-electron chi connectivity index (χ4n) is 4.57. The quantitative estimate of drug-likeness (QED) is 0.753. The lowest BCUT2D eigenvalue weighted by Crippen LogP contribution is -2.56. The average molecular weight is 236 g/mol. The predicted molar refractivity (Wildman–Crippen MR) is 72.1 cm³/mol. The van der Waals surface area contributed by atoms with Crippen LogP contribution in [-0.4, -0.2) is 36.6 Å². The Morgan fingerprint density at radius 3 is 2.65 bits per heavy atom. The fourth-order valence-corrected chi connectivity index (χ4v) is 4.57. The standard InChI is InChI=1S/C15H28N2/c1-12-11-16-9-8-14(12)17-10-4-6-13-5-2-3-7-15(13)17/h12-16H,2-11H2,1H3/t12?,13-,14?,15-/m1/s1. The lowest BCUT2D eigenvalue weighted by molar-refractivity contribution is -0.00210. The number of nitrogens with zero attached hydrogens (tertiary/aromatic N) is 1. The number of piperidine rings is 2. The van der Waals surface area contributed by atoms with Crippen LogP contribution in [0.4, 0.5) is 0 Å². The van der Waals surface area contributed by atoms with E-state index in [2.05, 4.69) is 17.1 Å². The first-order valence-corrected chi connectivity index (χ1v) is 7.82. The molecule has 2 aliphatic heterocycles. The molecule has 3 rings (SSSR count). The van der Waals surface area contributed by atoms with Crippen molar-refractivity contribution in [2.75, 3.05) is 19.6 Å². The number of likely N-dealkylation sites (tertiary alicyclic amines) is 1. The maximum absolute atomic E-state index is 3.55.